The highest BCUT2D eigenvalue weighted by atomic mass is 32.1. The number of esters is 1. The maximum absolute atomic E-state index is 13.3. The Morgan fingerprint density at radius 1 is 1.12 bits per heavy atom. The SMILES string of the molecule is CCOC(=O)C1CCN(C(=O)[C@H](C)n2c(C)c(C)sc2=NC(=O)c2ccc(C)cc2)CC1. The van der Waals surface area contributed by atoms with Gasteiger partial charge in [0.05, 0.1) is 12.5 Å². The number of carbonyl (C=O) groups is 3. The standard InChI is InChI=1S/C24H31N3O4S/c1-6-31-23(30)20-11-13-26(14-12-20)22(29)17(4)27-16(3)18(5)32-24(27)25-21(28)19-9-7-15(2)8-10-19/h7-10,17,20H,6,11-14H2,1-5H3/t17-/m0/s1. The van der Waals surface area contributed by atoms with E-state index < -0.39 is 6.04 Å². The number of nitrogens with zero attached hydrogens (tertiary/aromatic N) is 3. The second-order valence-corrected chi connectivity index (χ2v) is 9.39. The highest BCUT2D eigenvalue weighted by molar-refractivity contribution is 7.09. The Morgan fingerprint density at radius 3 is 2.34 bits per heavy atom. The summed E-state index contributed by atoms with van der Waals surface area (Å²) in [6.45, 7) is 10.9. The quantitative estimate of drug-likeness (QED) is 0.643. The van der Waals surface area contributed by atoms with Crippen LogP contribution < -0.4 is 4.80 Å². The molecule has 0 aliphatic carbocycles. The van der Waals surface area contributed by atoms with E-state index in [9.17, 15) is 14.4 Å². The van der Waals surface area contributed by atoms with Crippen LogP contribution in [0.15, 0.2) is 29.3 Å². The molecule has 2 amide bonds. The fraction of sp³-hybridized carbons (Fsp3) is 0.500. The Labute approximate surface area is 192 Å². The largest absolute Gasteiger partial charge is 0.466 e. The summed E-state index contributed by atoms with van der Waals surface area (Å²) in [6, 6.07) is 6.80. The maximum atomic E-state index is 13.3. The zero-order chi connectivity index (χ0) is 23.4. The third kappa shape index (κ3) is 5.18. The van der Waals surface area contributed by atoms with Crippen molar-refractivity contribution in [3.05, 3.63) is 50.8 Å². The molecule has 32 heavy (non-hydrogen) atoms. The number of ether oxygens (including phenoxy) is 1. The summed E-state index contributed by atoms with van der Waals surface area (Å²) in [5, 5.41) is 0. The van der Waals surface area contributed by atoms with Gasteiger partial charge >= 0.3 is 5.97 Å². The number of aryl methyl sites for hydroxylation is 2. The summed E-state index contributed by atoms with van der Waals surface area (Å²) in [7, 11) is 0. The maximum Gasteiger partial charge on any atom is 0.309 e. The fourth-order valence-electron chi connectivity index (χ4n) is 3.92. The van der Waals surface area contributed by atoms with Crippen LogP contribution in [0, 0.1) is 26.7 Å². The van der Waals surface area contributed by atoms with E-state index in [0.717, 1.165) is 16.1 Å². The molecule has 1 saturated heterocycles. The van der Waals surface area contributed by atoms with Crippen LogP contribution in [0.1, 0.15) is 59.2 Å². The van der Waals surface area contributed by atoms with Crippen molar-refractivity contribution < 1.29 is 19.1 Å². The second-order valence-electron chi connectivity index (χ2n) is 8.21. The van der Waals surface area contributed by atoms with Crippen molar-refractivity contribution in [2.24, 2.45) is 10.9 Å². The topological polar surface area (TPSA) is 81.0 Å². The first kappa shape index (κ1) is 23.9. The fourth-order valence-corrected chi connectivity index (χ4v) is 4.97. The van der Waals surface area contributed by atoms with E-state index in [1.807, 2.05) is 44.4 Å². The van der Waals surface area contributed by atoms with Crippen LogP contribution in [0.2, 0.25) is 0 Å². The summed E-state index contributed by atoms with van der Waals surface area (Å²) in [5.74, 6) is -0.681. The summed E-state index contributed by atoms with van der Waals surface area (Å²) in [4.78, 5) is 45.7. The van der Waals surface area contributed by atoms with Gasteiger partial charge in [0.1, 0.15) is 6.04 Å². The number of aromatic nitrogens is 1. The van der Waals surface area contributed by atoms with Gasteiger partial charge in [0.15, 0.2) is 4.80 Å². The van der Waals surface area contributed by atoms with E-state index in [1.165, 1.54) is 11.3 Å². The number of hydrogen-bond donors (Lipinski definition) is 0. The lowest BCUT2D eigenvalue weighted by Gasteiger charge is -2.33. The van der Waals surface area contributed by atoms with Crippen LogP contribution in [0.3, 0.4) is 0 Å². The van der Waals surface area contributed by atoms with E-state index in [1.54, 1.807) is 24.0 Å². The molecule has 0 saturated carbocycles. The monoisotopic (exact) mass is 457 g/mol. The zero-order valence-electron chi connectivity index (χ0n) is 19.4. The molecule has 0 spiro atoms. The lowest BCUT2D eigenvalue weighted by atomic mass is 9.96. The van der Waals surface area contributed by atoms with Gasteiger partial charge in [-0.25, -0.2) is 0 Å². The third-order valence-corrected chi connectivity index (χ3v) is 7.06. The van der Waals surface area contributed by atoms with E-state index in [2.05, 4.69) is 4.99 Å². The lowest BCUT2D eigenvalue weighted by molar-refractivity contribution is -0.151. The molecule has 1 aliphatic rings. The number of thiazole rings is 1. The minimum absolute atomic E-state index is 0.0301. The van der Waals surface area contributed by atoms with Gasteiger partial charge in [-0.3, -0.25) is 14.4 Å². The number of piperidine rings is 1. The molecule has 8 heteroatoms. The Balaban J connectivity index is 1.80. The van der Waals surface area contributed by atoms with E-state index >= 15 is 0 Å². The van der Waals surface area contributed by atoms with Crippen LogP contribution in [0.25, 0.3) is 0 Å². The first-order valence-corrected chi connectivity index (χ1v) is 11.8. The highest BCUT2D eigenvalue weighted by Crippen LogP contribution is 2.23. The van der Waals surface area contributed by atoms with Gasteiger partial charge in [0, 0.05) is 29.2 Å². The summed E-state index contributed by atoms with van der Waals surface area (Å²) in [6.07, 6.45) is 1.21. The van der Waals surface area contributed by atoms with Crippen LogP contribution >= 0.6 is 11.3 Å². The Kier molecular flexibility index (Phi) is 7.66. The van der Waals surface area contributed by atoms with Crippen LogP contribution in [-0.2, 0) is 14.3 Å². The predicted molar refractivity (Wildman–Crippen MR) is 124 cm³/mol. The molecule has 7 nitrogen and oxygen atoms in total. The molecule has 2 aromatic rings. The molecular weight excluding hydrogens is 426 g/mol. The Bertz CT molecular complexity index is 1060. The molecule has 172 valence electrons. The molecule has 0 bridgehead atoms. The Morgan fingerprint density at radius 2 is 1.75 bits per heavy atom. The Hall–Kier alpha value is -2.74. The number of amides is 2. The van der Waals surface area contributed by atoms with Crippen molar-refractivity contribution in [2.45, 2.75) is 53.5 Å². The number of benzene rings is 1. The lowest BCUT2D eigenvalue weighted by Crippen LogP contribution is -2.44. The zero-order valence-corrected chi connectivity index (χ0v) is 20.2. The van der Waals surface area contributed by atoms with Gasteiger partial charge in [0.2, 0.25) is 5.91 Å². The van der Waals surface area contributed by atoms with Crippen LogP contribution in [0.5, 0.6) is 0 Å². The van der Waals surface area contributed by atoms with E-state index in [-0.39, 0.29) is 23.7 Å². The van der Waals surface area contributed by atoms with E-state index in [4.69, 9.17) is 4.74 Å². The van der Waals surface area contributed by atoms with Gasteiger partial charge < -0.3 is 14.2 Å². The smallest absolute Gasteiger partial charge is 0.309 e. The van der Waals surface area contributed by atoms with Crippen molar-refractivity contribution in [2.75, 3.05) is 19.7 Å². The molecule has 1 aromatic carbocycles. The van der Waals surface area contributed by atoms with Gasteiger partial charge in [-0.1, -0.05) is 17.7 Å². The minimum atomic E-state index is -0.497. The molecule has 1 aromatic heterocycles. The van der Waals surface area contributed by atoms with Crippen molar-refractivity contribution >= 4 is 29.1 Å². The molecule has 3 rings (SSSR count). The molecule has 0 unspecified atom stereocenters. The number of hydrogen-bond acceptors (Lipinski definition) is 5. The summed E-state index contributed by atoms with van der Waals surface area (Å²) >= 11 is 1.41. The first-order chi connectivity index (χ1) is 15.2. The van der Waals surface area contributed by atoms with Gasteiger partial charge in [-0.05, 0) is 59.6 Å². The number of rotatable bonds is 5. The molecule has 1 atom stereocenters. The van der Waals surface area contributed by atoms with Crippen LogP contribution in [-0.4, -0.2) is 46.9 Å². The van der Waals surface area contributed by atoms with Gasteiger partial charge in [0.25, 0.3) is 5.91 Å². The van der Waals surface area contributed by atoms with Crippen molar-refractivity contribution in [1.82, 2.24) is 9.47 Å². The molecule has 1 aliphatic heterocycles. The van der Waals surface area contributed by atoms with Gasteiger partial charge in [-0.15, -0.1) is 11.3 Å². The molecule has 2 heterocycles. The summed E-state index contributed by atoms with van der Waals surface area (Å²) in [5.41, 5.74) is 2.52. The first-order valence-electron chi connectivity index (χ1n) is 11.0. The summed E-state index contributed by atoms with van der Waals surface area (Å²) < 4.78 is 6.97. The average Bonchev–Trinajstić information content (AvgIpc) is 3.06. The van der Waals surface area contributed by atoms with Crippen molar-refractivity contribution in [3.63, 3.8) is 0 Å². The molecule has 1 fully saturated rings. The second kappa shape index (κ2) is 10.3. The molecular formula is C24H31N3O4S. The number of likely N-dealkylation sites (tertiary alicyclic amines) is 1. The van der Waals surface area contributed by atoms with E-state index in [0.29, 0.717) is 42.9 Å². The average molecular weight is 458 g/mol. The minimum Gasteiger partial charge on any atom is -0.466 e. The third-order valence-electron chi connectivity index (χ3n) is 5.99. The van der Waals surface area contributed by atoms with Crippen molar-refractivity contribution in [3.8, 4) is 0 Å². The molecule has 0 N–H and O–H groups in total. The highest BCUT2D eigenvalue weighted by Gasteiger charge is 2.31. The normalized spacial score (nSPS) is 16.2. The van der Waals surface area contributed by atoms with Crippen molar-refractivity contribution in [1.29, 1.82) is 0 Å². The van der Waals surface area contributed by atoms with Crippen LogP contribution in [0.4, 0.5) is 0 Å². The van der Waals surface area contributed by atoms with Gasteiger partial charge in [-0.2, -0.15) is 4.99 Å². The molecule has 0 radical (unpaired) electrons. The number of carbonyl (C=O) groups excluding carboxylic acids is 3. The predicted octanol–water partition coefficient (Wildman–Crippen LogP) is 3.58.